The molecule has 1 aromatic rings. The van der Waals surface area contributed by atoms with E-state index in [0.29, 0.717) is 13.0 Å². The molecule has 0 radical (unpaired) electrons. The molecular formula is C15H21BrN2O2. The molecule has 20 heavy (non-hydrogen) atoms. The Morgan fingerprint density at radius 3 is 2.55 bits per heavy atom. The summed E-state index contributed by atoms with van der Waals surface area (Å²) in [6, 6.07) is 8.17. The van der Waals surface area contributed by atoms with Crippen molar-refractivity contribution in [2.45, 2.75) is 37.3 Å². The fourth-order valence-corrected chi connectivity index (χ4v) is 2.84. The van der Waals surface area contributed by atoms with Crippen molar-refractivity contribution < 1.29 is 9.53 Å². The highest BCUT2D eigenvalue weighted by molar-refractivity contribution is 9.10. The molecule has 1 atom stereocenters. The van der Waals surface area contributed by atoms with Crippen molar-refractivity contribution in [3.05, 3.63) is 34.3 Å². The van der Waals surface area contributed by atoms with Gasteiger partial charge in [-0.05, 0) is 37.0 Å². The number of hydrogen-bond donors (Lipinski definition) is 2. The summed E-state index contributed by atoms with van der Waals surface area (Å²) in [5.41, 5.74) is 6.52. The minimum atomic E-state index is -0.211. The number of halogens is 1. The van der Waals surface area contributed by atoms with Crippen molar-refractivity contribution in [2.24, 2.45) is 5.73 Å². The van der Waals surface area contributed by atoms with E-state index in [0.717, 1.165) is 23.7 Å². The zero-order valence-corrected chi connectivity index (χ0v) is 13.3. The molecule has 1 amide bonds. The van der Waals surface area contributed by atoms with Crippen LogP contribution in [0.2, 0.25) is 0 Å². The van der Waals surface area contributed by atoms with Crippen LogP contribution in [0.5, 0.6) is 0 Å². The third-order valence-electron chi connectivity index (χ3n) is 3.99. The van der Waals surface area contributed by atoms with Gasteiger partial charge in [0.2, 0.25) is 5.91 Å². The monoisotopic (exact) mass is 340 g/mol. The molecule has 0 bridgehead atoms. The number of ether oxygens (including phenoxy) is 1. The molecule has 0 spiro atoms. The van der Waals surface area contributed by atoms with Crippen molar-refractivity contribution in [3.63, 3.8) is 0 Å². The maximum absolute atomic E-state index is 12.2. The van der Waals surface area contributed by atoms with E-state index in [9.17, 15) is 4.79 Å². The molecule has 1 aromatic carbocycles. The van der Waals surface area contributed by atoms with Gasteiger partial charge in [0, 0.05) is 18.1 Å². The lowest BCUT2D eigenvalue weighted by Gasteiger charge is -2.43. The van der Waals surface area contributed by atoms with Crippen molar-refractivity contribution >= 4 is 21.8 Å². The first-order valence-corrected chi connectivity index (χ1v) is 7.69. The molecule has 1 aliphatic carbocycles. The summed E-state index contributed by atoms with van der Waals surface area (Å²) in [5.74, 6) is 0.00455. The number of nitrogens with two attached hydrogens (primary N) is 1. The first-order valence-electron chi connectivity index (χ1n) is 6.89. The van der Waals surface area contributed by atoms with Gasteiger partial charge in [-0.3, -0.25) is 4.79 Å². The zero-order chi connectivity index (χ0) is 14.6. The molecule has 0 aromatic heterocycles. The second kappa shape index (κ2) is 6.70. The van der Waals surface area contributed by atoms with Crippen LogP contribution in [0.25, 0.3) is 0 Å². The number of carbonyl (C=O) groups is 1. The Kier molecular flexibility index (Phi) is 5.18. The largest absolute Gasteiger partial charge is 0.380 e. The molecule has 1 aliphatic rings. The van der Waals surface area contributed by atoms with Crippen LogP contribution in [0.1, 0.15) is 31.2 Å². The maximum Gasteiger partial charge on any atom is 0.223 e. The maximum atomic E-state index is 12.2. The topological polar surface area (TPSA) is 64.3 Å². The number of methoxy groups -OCH3 is 1. The Bertz CT molecular complexity index is 453. The standard InChI is InChI=1S/C15H21BrN2O2/c1-20-13(10-17)9-14(19)18-15(7-2-8-15)11-3-5-12(16)6-4-11/h3-6,13H,2,7-10,17H2,1H3,(H,18,19). The summed E-state index contributed by atoms with van der Waals surface area (Å²) in [6.07, 6.45) is 3.21. The van der Waals surface area contributed by atoms with E-state index in [4.69, 9.17) is 10.5 Å². The van der Waals surface area contributed by atoms with Gasteiger partial charge >= 0.3 is 0 Å². The van der Waals surface area contributed by atoms with Gasteiger partial charge in [-0.1, -0.05) is 28.1 Å². The Hall–Kier alpha value is -0.910. The third kappa shape index (κ3) is 3.40. The van der Waals surface area contributed by atoms with Gasteiger partial charge in [-0.25, -0.2) is 0 Å². The van der Waals surface area contributed by atoms with Crippen LogP contribution in [0.3, 0.4) is 0 Å². The first kappa shape index (κ1) is 15.5. The van der Waals surface area contributed by atoms with Crippen LogP contribution < -0.4 is 11.1 Å². The molecule has 5 heteroatoms. The number of benzene rings is 1. The highest BCUT2D eigenvalue weighted by atomic mass is 79.9. The van der Waals surface area contributed by atoms with Crippen LogP contribution in [0, 0.1) is 0 Å². The molecule has 0 aliphatic heterocycles. The smallest absolute Gasteiger partial charge is 0.223 e. The average molecular weight is 341 g/mol. The average Bonchev–Trinajstić information content (AvgIpc) is 2.41. The number of rotatable bonds is 6. The van der Waals surface area contributed by atoms with Crippen LogP contribution in [0.4, 0.5) is 0 Å². The molecule has 1 saturated carbocycles. The highest BCUT2D eigenvalue weighted by Gasteiger charge is 2.40. The third-order valence-corrected chi connectivity index (χ3v) is 4.52. The van der Waals surface area contributed by atoms with E-state index < -0.39 is 0 Å². The summed E-state index contributed by atoms with van der Waals surface area (Å²) >= 11 is 3.44. The fourth-order valence-electron chi connectivity index (χ4n) is 2.57. The van der Waals surface area contributed by atoms with Crippen molar-refractivity contribution in [1.29, 1.82) is 0 Å². The van der Waals surface area contributed by atoms with Gasteiger partial charge < -0.3 is 15.8 Å². The van der Waals surface area contributed by atoms with Crippen molar-refractivity contribution in [1.82, 2.24) is 5.32 Å². The van der Waals surface area contributed by atoms with E-state index >= 15 is 0 Å². The van der Waals surface area contributed by atoms with Gasteiger partial charge in [0.05, 0.1) is 18.1 Å². The van der Waals surface area contributed by atoms with Crippen molar-refractivity contribution in [3.8, 4) is 0 Å². The Labute approximate surface area is 128 Å². The minimum Gasteiger partial charge on any atom is -0.380 e. The van der Waals surface area contributed by atoms with Gasteiger partial charge in [0.15, 0.2) is 0 Å². The Morgan fingerprint density at radius 2 is 2.10 bits per heavy atom. The van der Waals surface area contributed by atoms with Gasteiger partial charge in [-0.15, -0.1) is 0 Å². The van der Waals surface area contributed by atoms with Crippen LogP contribution in [-0.4, -0.2) is 25.7 Å². The van der Waals surface area contributed by atoms with Gasteiger partial charge in [-0.2, -0.15) is 0 Å². The molecule has 1 fully saturated rings. The van der Waals surface area contributed by atoms with E-state index in [-0.39, 0.29) is 17.6 Å². The summed E-state index contributed by atoms with van der Waals surface area (Å²) in [7, 11) is 1.58. The quantitative estimate of drug-likeness (QED) is 0.835. The van der Waals surface area contributed by atoms with E-state index in [1.54, 1.807) is 7.11 Å². The second-order valence-corrected chi connectivity index (χ2v) is 6.20. The number of carbonyl (C=O) groups excluding carboxylic acids is 1. The fraction of sp³-hybridized carbons (Fsp3) is 0.533. The lowest BCUT2D eigenvalue weighted by atomic mass is 9.71. The van der Waals surface area contributed by atoms with E-state index in [1.807, 2.05) is 12.1 Å². The summed E-state index contributed by atoms with van der Waals surface area (Å²) in [5, 5.41) is 3.17. The van der Waals surface area contributed by atoms with E-state index in [2.05, 4.69) is 33.4 Å². The Balaban J connectivity index is 2.04. The van der Waals surface area contributed by atoms with Crippen LogP contribution in [0.15, 0.2) is 28.7 Å². The SMILES string of the molecule is COC(CN)CC(=O)NC1(c2ccc(Br)cc2)CCC1. The molecule has 110 valence electrons. The summed E-state index contributed by atoms with van der Waals surface area (Å²) in [4.78, 5) is 12.2. The molecular weight excluding hydrogens is 320 g/mol. The normalized spacial score (nSPS) is 18.1. The molecule has 0 heterocycles. The van der Waals surface area contributed by atoms with E-state index in [1.165, 1.54) is 5.56 Å². The van der Waals surface area contributed by atoms with Gasteiger partial charge in [0.25, 0.3) is 0 Å². The number of nitrogens with one attached hydrogen (secondary N) is 1. The summed E-state index contributed by atoms with van der Waals surface area (Å²) in [6.45, 7) is 0.356. The predicted octanol–water partition coefficient (Wildman–Crippen LogP) is 2.31. The minimum absolute atomic E-state index is 0.00455. The molecule has 0 saturated heterocycles. The van der Waals surface area contributed by atoms with Crippen LogP contribution in [-0.2, 0) is 15.1 Å². The first-order chi connectivity index (χ1) is 9.59. The number of amides is 1. The van der Waals surface area contributed by atoms with Gasteiger partial charge in [0.1, 0.15) is 0 Å². The van der Waals surface area contributed by atoms with Crippen LogP contribution >= 0.6 is 15.9 Å². The second-order valence-electron chi connectivity index (χ2n) is 5.29. The molecule has 1 unspecified atom stereocenters. The number of hydrogen-bond acceptors (Lipinski definition) is 3. The highest BCUT2D eigenvalue weighted by Crippen LogP contribution is 2.41. The zero-order valence-electron chi connectivity index (χ0n) is 11.7. The molecule has 3 N–H and O–H groups in total. The molecule has 4 nitrogen and oxygen atoms in total. The lowest BCUT2D eigenvalue weighted by Crippen LogP contribution is -2.51. The molecule has 2 rings (SSSR count). The Morgan fingerprint density at radius 1 is 1.45 bits per heavy atom. The predicted molar refractivity (Wildman–Crippen MR) is 82.3 cm³/mol. The van der Waals surface area contributed by atoms with Crippen molar-refractivity contribution in [2.75, 3.05) is 13.7 Å². The summed E-state index contributed by atoms with van der Waals surface area (Å²) < 4.78 is 6.21. The lowest BCUT2D eigenvalue weighted by molar-refractivity contribution is -0.126.